The van der Waals surface area contributed by atoms with Crippen LogP contribution in [0.15, 0.2) is 43.0 Å². The lowest BCUT2D eigenvalue weighted by atomic mass is 10.1. The van der Waals surface area contributed by atoms with E-state index in [2.05, 4.69) is 63.7 Å². The van der Waals surface area contributed by atoms with Gasteiger partial charge in [-0.3, -0.25) is 0 Å². The molecule has 0 amide bonds. The van der Waals surface area contributed by atoms with E-state index in [1.165, 1.54) is 22.2 Å². The van der Waals surface area contributed by atoms with Crippen LogP contribution in [0.3, 0.4) is 0 Å². The Kier molecular flexibility index (Phi) is 4.06. The molecule has 21 heavy (non-hydrogen) atoms. The second-order valence-electron chi connectivity index (χ2n) is 5.25. The van der Waals surface area contributed by atoms with Crippen molar-refractivity contribution < 1.29 is 0 Å². The summed E-state index contributed by atoms with van der Waals surface area (Å²) in [4.78, 5) is 4.26. The summed E-state index contributed by atoms with van der Waals surface area (Å²) in [5.41, 5.74) is 3.91. The Morgan fingerprint density at radius 3 is 2.86 bits per heavy atom. The molecule has 1 N–H and O–H groups in total. The zero-order valence-corrected chi connectivity index (χ0v) is 12.7. The first kappa shape index (κ1) is 13.9. The summed E-state index contributed by atoms with van der Waals surface area (Å²) in [6.07, 6.45) is 6.04. The summed E-state index contributed by atoms with van der Waals surface area (Å²) in [6, 6.07) is 8.71. The third-order valence-corrected chi connectivity index (χ3v) is 3.91. The predicted molar refractivity (Wildman–Crippen MR) is 86.3 cm³/mol. The van der Waals surface area contributed by atoms with Crippen molar-refractivity contribution in [1.82, 2.24) is 19.4 Å². The molecule has 0 fully saturated rings. The number of benzene rings is 1. The molecule has 4 heteroatoms. The number of hydrogen-bond acceptors (Lipinski definition) is 2. The van der Waals surface area contributed by atoms with Gasteiger partial charge in [-0.1, -0.05) is 25.1 Å². The smallest absolute Gasteiger partial charge is 0.0948 e. The van der Waals surface area contributed by atoms with Crippen LogP contribution in [0.5, 0.6) is 0 Å². The first-order chi connectivity index (χ1) is 10.3. The molecule has 0 bridgehead atoms. The summed E-state index contributed by atoms with van der Waals surface area (Å²) in [7, 11) is 0. The van der Waals surface area contributed by atoms with Gasteiger partial charge in [0.1, 0.15) is 0 Å². The van der Waals surface area contributed by atoms with Gasteiger partial charge in [-0.05, 0) is 30.5 Å². The van der Waals surface area contributed by atoms with Gasteiger partial charge >= 0.3 is 0 Å². The number of imidazole rings is 1. The minimum absolute atomic E-state index is 0.862. The Bertz CT molecular complexity index is 723. The zero-order chi connectivity index (χ0) is 14.7. The third-order valence-electron chi connectivity index (χ3n) is 3.91. The molecule has 0 saturated heterocycles. The van der Waals surface area contributed by atoms with Crippen LogP contribution in [-0.2, 0) is 19.6 Å². The van der Waals surface area contributed by atoms with Gasteiger partial charge in [0.2, 0.25) is 0 Å². The highest BCUT2D eigenvalue weighted by Gasteiger charge is 2.08. The van der Waals surface area contributed by atoms with Crippen molar-refractivity contribution >= 4 is 10.9 Å². The topological polar surface area (TPSA) is 34.8 Å². The van der Waals surface area contributed by atoms with Gasteiger partial charge in [0, 0.05) is 25.5 Å². The van der Waals surface area contributed by atoms with Gasteiger partial charge in [0.25, 0.3) is 0 Å². The van der Waals surface area contributed by atoms with E-state index in [1.54, 1.807) is 0 Å². The van der Waals surface area contributed by atoms with Crippen molar-refractivity contribution in [2.45, 2.75) is 33.5 Å². The van der Waals surface area contributed by atoms with E-state index in [1.807, 2.05) is 12.5 Å². The maximum Gasteiger partial charge on any atom is 0.0948 e. The second kappa shape index (κ2) is 6.14. The molecule has 2 aromatic heterocycles. The third kappa shape index (κ3) is 2.72. The highest BCUT2D eigenvalue weighted by molar-refractivity contribution is 5.83. The van der Waals surface area contributed by atoms with Crippen LogP contribution in [0.4, 0.5) is 0 Å². The van der Waals surface area contributed by atoms with E-state index in [9.17, 15) is 0 Å². The van der Waals surface area contributed by atoms with Gasteiger partial charge in [-0.2, -0.15) is 0 Å². The van der Waals surface area contributed by atoms with Gasteiger partial charge in [-0.25, -0.2) is 4.98 Å². The highest BCUT2D eigenvalue weighted by Crippen LogP contribution is 2.21. The lowest BCUT2D eigenvalue weighted by Gasteiger charge is -2.11. The molecule has 2 heterocycles. The standard InChI is InChI=1S/C17H22N4/c1-3-18-10-15-7-5-6-14-8-9-21(17(14)15)12-16-11-19-13-20(16)4-2/h5-9,11,13,18H,3-4,10,12H2,1-2H3. The van der Waals surface area contributed by atoms with Crippen molar-refractivity contribution in [3.63, 3.8) is 0 Å². The van der Waals surface area contributed by atoms with Crippen molar-refractivity contribution in [3.8, 4) is 0 Å². The lowest BCUT2D eigenvalue weighted by Crippen LogP contribution is -2.13. The molecule has 0 atom stereocenters. The maximum absolute atomic E-state index is 4.26. The number of nitrogens with one attached hydrogen (secondary N) is 1. The molecule has 3 aromatic rings. The molecule has 0 aliphatic heterocycles. The van der Waals surface area contributed by atoms with E-state index in [0.29, 0.717) is 0 Å². The van der Waals surface area contributed by atoms with Crippen LogP contribution in [0.1, 0.15) is 25.1 Å². The van der Waals surface area contributed by atoms with Crippen LogP contribution in [0.2, 0.25) is 0 Å². The highest BCUT2D eigenvalue weighted by atomic mass is 15.1. The largest absolute Gasteiger partial charge is 0.341 e. The molecular formula is C17H22N4. The lowest BCUT2D eigenvalue weighted by molar-refractivity contribution is 0.675. The normalized spacial score (nSPS) is 11.3. The first-order valence-corrected chi connectivity index (χ1v) is 7.60. The molecule has 0 unspecified atom stereocenters. The van der Waals surface area contributed by atoms with Crippen molar-refractivity contribution in [1.29, 1.82) is 0 Å². The summed E-state index contributed by atoms with van der Waals surface area (Å²) in [5.74, 6) is 0. The zero-order valence-electron chi connectivity index (χ0n) is 12.7. The number of hydrogen-bond donors (Lipinski definition) is 1. The quantitative estimate of drug-likeness (QED) is 0.754. The van der Waals surface area contributed by atoms with Crippen molar-refractivity contribution in [2.24, 2.45) is 0 Å². The minimum atomic E-state index is 0.862. The molecule has 0 aliphatic carbocycles. The monoisotopic (exact) mass is 282 g/mol. The Morgan fingerprint density at radius 2 is 2.05 bits per heavy atom. The number of aromatic nitrogens is 3. The SMILES string of the molecule is CCNCc1cccc2ccn(Cc3cncn3CC)c12. The molecule has 110 valence electrons. The fourth-order valence-electron chi connectivity index (χ4n) is 2.81. The van der Waals surface area contributed by atoms with Crippen molar-refractivity contribution in [2.75, 3.05) is 6.54 Å². The van der Waals surface area contributed by atoms with Crippen LogP contribution in [0.25, 0.3) is 10.9 Å². The number of rotatable bonds is 6. The van der Waals surface area contributed by atoms with Crippen LogP contribution in [0, 0.1) is 0 Å². The van der Waals surface area contributed by atoms with E-state index in [-0.39, 0.29) is 0 Å². The molecule has 0 spiro atoms. The van der Waals surface area contributed by atoms with E-state index < -0.39 is 0 Å². The van der Waals surface area contributed by atoms with Crippen LogP contribution < -0.4 is 5.32 Å². The Balaban J connectivity index is 1.98. The summed E-state index contributed by atoms with van der Waals surface area (Å²) < 4.78 is 4.52. The Labute approximate surface area is 125 Å². The molecule has 3 rings (SSSR count). The average Bonchev–Trinajstić information content (AvgIpc) is 3.13. The fraction of sp³-hybridized carbons (Fsp3) is 0.353. The summed E-state index contributed by atoms with van der Waals surface area (Å²) in [5, 5.41) is 4.72. The number of aryl methyl sites for hydroxylation is 1. The number of nitrogens with zero attached hydrogens (tertiary/aromatic N) is 3. The van der Waals surface area contributed by atoms with Crippen molar-refractivity contribution in [3.05, 3.63) is 54.2 Å². The molecule has 1 aromatic carbocycles. The predicted octanol–water partition coefficient (Wildman–Crippen LogP) is 3.02. The second-order valence-corrected chi connectivity index (χ2v) is 5.25. The minimum Gasteiger partial charge on any atom is -0.341 e. The average molecular weight is 282 g/mol. The molecule has 0 aliphatic rings. The fourth-order valence-corrected chi connectivity index (χ4v) is 2.81. The van der Waals surface area contributed by atoms with E-state index in [4.69, 9.17) is 0 Å². The molecule has 0 saturated carbocycles. The van der Waals surface area contributed by atoms with Crippen LogP contribution >= 0.6 is 0 Å². The van der Waals surface area contributed by atoms with Gasteiger partial charge in [0.05, 0.1) is 24.1 Å². The van der Waals surface area contributed by atoms with E-state index >= 15 is 0 Å². The van der Waals surface area contributed by atoms with Gasteiger partial charge in [0.15, 0.2) is 0 Å². The molecule has 0 radical (unpaired) electrons. The molecular weight excluding hydrogens is 260 g/mol. The maximum atomic E-state index is 4.26. The summed E-state index contributed by atoms with van der Waals surface area (Å²) >= 11 is 0. The van der Waals surface area contributed by atoms with Gasteiger partial charge < -0.3 is 14.5 Å². The summed E-state index contributed by atoms with van der Waals surface area (Å²) in [6.45, 7) is 8.00. The van der Waals surface area contributed by atoms with E-state index in [0.717, 1.165) is 26.2 Å². The number of para-hydroxylation sites is 1. The number of fused-ring (bicyclic) bond motifs is 1. The first-order valence-electron chi connectivity index (χ1n) is 7.60. The van der Waals surface area contributed by atoms with Crippen LogP contribution in [-0.4, -0.2) is 20.7 Å². The molecule has 4 nitrogen and oxygen atoms in total. The Morgan fingerprint density at radius 1 is 1.14 bits per heavy atom. The Hall–Kier alpha value is -2.07. The van der Waals surface area contributed by atoms with Gasteiger partial charge in [-0.15, -0.1) is 0 Å².